The van der Waals surface area contributed by atoms with E-state index in [1.807, 2.05) is 38.1 Å². The third-order valence-corrected chi connectivity index (χ3v) is 5.32. The molecule has 0 bridgehead atoms. The summed E-state index contributed by atoms with van der Waals surface area (Å²) < 4.78 is 18.5. The lowest BCUT2D eigenvalue weighted by Crippen LogP contribution is -2.23. The molecule has 0 spiro atoms. The van der Waals surface area contributed by atoms with Crippen LogP contribution in [0.4, 0.5) is 5.69 Å². The third kappa shape index (κ3) is 5.88. The number of ether oxygens (including phenoxy) is 2. The van der Waals surface area contributed by atoms with Gasteiger partial charge in [0.15, 0.2) is 17.1 Å². The molecular formula is C26H28N4O5. The van der Waals surface area contributed by atoms with Crippen molar-refractivity contribution in [2.45, 2.75) is 20.1 Å². The monoisotopic (exact) mass is 476 g/mol. The molecule has 0 fully saturated rings. The van der Waals surface area contributed by atoms with E-state index in [9.17, 15) is 9.59 Å². The number of carbonyl (C=O) groups excluding carboxylic acids is 1. The van der Waals surface area contributed by atoms with Crippen LogP contribution in [0.2, 0.25) is 0 Å². The second-order valence-electron chi connectivity index (χ2n) is 8.20. The van der Waals surface area contributed by atoms with Crippen molar-refractivity contribution in [1.82, 2.24) is 14.5 Å². The highest BCUT2D eigenvalue weighted by atomic mass is 16.5. The largest absolute Gasteiger partial charge is 0.490 e. The normalized spacial score (nSPS) is 11.1. The van der Waals surface area contributed by atoms with Crippen molar-refractivity contribution < 1.29 is 18.7 Å². The summed E-state index contributed by atoms with van der Waals surface area (Å²) in [6.45, 7) is 3.79. The predicted molar refractivity (Wildman–Crippen MR) is 133 cm³/mol. The smallest absolute Gasteiger partial charge is 0.419 e. The number of aromatic nitrogens is 2. The standard InChI is InChI=1S/C26H28N4O5/c1-4-33-24-14-19(7-9-23(24)34-17-18-6-5-11-27-16-18)25(31)28-20-8-10-22-21(15-20)30(26(32)35-22)13-12-29(2)3/h5-11,14-16H,4,12-13,17H2,1-3H3,(H,28,31). The van der Waals surface area contributed by atoms with Crippen molar-refractivity contribution in [3.8, 4) is 11.5 Å². The summed E-state index contributed by atoms with van der Waals surface area (Å²) in [5.74, 6) is 0.284. The number of anilines is 1. The van der Waals surface area contributed by atoms with E-state index in [-0.39, 0.29) is 5.91 Å². The number of carbonyl (C=O) groups is 1. The van der Waals surface area contributed by atoms with Crippen molar-refractivity contribution in [2.24, 2.45) is 0 Å². The molecule has 2 aromatic carbocycles. The maximum atomic E-state index is 13.0. The number of likely N-dealkylation sites (N-methyl/N-ethyl adjacent to an activating group) is 1. The van der Waals surface area contributed by atoms with Crippen LogP contribution in [0.1, 0.15) is 22.8 Å². The van der Waals surface area contributed by atoms with Gasteiger partial charge < -0.3 is 24.1 Å². The van der Waals surface area contributed by atoms with Crippen LogP contribution in [-0.4, -0.2) is 47.6 Å². The Morgan fingerprint density at radius 2 is 1.97 bits per heavy atom. The first kappa shape index (κ1) is 24.0. The summed E-state index contributed by atoms with van der Waals surface area (Å²) in [5, 5.41) is 2.89. The molecule has 0 aliphatic carbocycles. The summed E-state index contributed by atoms with van der Waals surface area (Å²) >= 11 is 0. The van der Waals surface area contributed by atoms with Crippen molar-refractivity contribution in [1.29, 1.82) is 0 Å². The van der Waals surface area contributed by atoms with Crippen LogP contribution in [0.15, 0.2) is 70.1 Å². The number of oxazole rings is 1. The predicted octanol–water partition coefficient (Wildman–Crippen LogP) is 3.78. The Hall–Kier alpha value is -4.11. The Morgan fingerprint density at radius 3 is 2.71 bits per heavy atom. The molecule has 0 radical (unpaired) electrons. The number of rotatable bonds is 10. The highest BCUT2D eigenvalue weighted by Gasteiger charge is 2.15. The van der Waals surface area contributed by atoms with Gasteiger partial charge in [0, 0.05) is 42.3 Å². The Morgan fingerprint density at radius 1 is 1.11 bits per heavy atom. The van der Waals surface area contributed by atoms with Crippen LogP contribution < -0.4 is 20.5 Å². The van der Waals surface area contributed by atoms with E-state index in [2.05, 4.69) is 10.3 Å². The fraction of sp³-hybridized carbons (Fsp3) is 0.269. The molecule has 1 N–H and O–H groups in total. The molecule has 1 amide bonds. The van der Waals surface area contributed by atoms with Crippen LogP contribution in [0, 0.1) is 0 Å². The van der Waals surface area contributed by atoms with Gasteiger partial charge in [0.2, 0.25) is 0 Å². The molecule has 2 aromatic heterocycles. The summed E-state index contributed by atoms with van der Waals surface area (Å²) in [5.41, 5.74) is 3.00. The lowest BCUT2D eigenvalue weighted by molar-refractivity contribution is 0.102. The van der Waals surface area contributed by atoms with E-state index in [1.54, 1.807) is 53.4 Å². The quantitative estimate of drug-likeness (QED) is 0.372. The first-order valence-electron chi connectivity index (χ1n) is 11.3. The van der Waals surface area contributed by atoms with Crippen molar-refractivity contribution in [2.75, 3.05) is 32.6 Å². The first-order valence-corrected chi connectivity index (χ1v) is 11.3. The minimum atomic E-state index is -0.423. The number of nitrogens with zero attached hydrogens (tertiary/aromatic N) is 3. The second kappa shape index (κ2) is 10.9. The Kier molecular flexibility index (Phi) is 7.47. The van der Waals surface area contributed by atoms with Crippen molar-refractivity contribution in [3.63, 3.8) is 0 Å². The maximum Gasteiger partial charge on any atom is 0.419 e. The summed E-state index contributed by atoms with van der Waals surface area (Å²) in [6.07, 6.45) is 3.44. The highest BCUT2D eigenvalue weighted by molar-refractivity contribution is 6.05. The first-order chi connectivity index (χ1) is 16.9. The van der Waals surface area contributed by atoms with Gasteiger partial charge in [-0.3, -0.25) is 14.3 Å². The SMILES string of the molecule is CCOc1cc(C(=O)Nc2ccc3oc(=O)n(CCN(C)C)c3c2)ccc1OCc1cccnc1. The Balaban J connectivity index is 1.52. The molecule has 0 atom stereocenters. The minimum absolute atomic E-state index is 0.310. The number of benzene rings is 2. The van der Waals surface area contributed by atoms with E-state index >= 15 is 0 Å². The summed E-state index contributed by atoms with van der Waals surface area (Å²) in [4.78, 5) is 31.3. The van der Waals surface area contributed by atoms with Crippen LogP contribution >= 0.6 is 0 Å². The average Bonchev–Trinajstić information content (AvgIpc) is 3.16. The molecule has 0 aliphatic heterocycles. The Bertz CT molecular complexity index is 1360. The lowest BCUT2D eigenvalue weighted by Gasteiger charge is -2.14. The molecule has 0 unspecified atom stereocenters. The van der Waals surface area contributed by atoms with E-state index in [1.165, 1.54) is 0 Å². The van der Waals surface area contributed by atoms with Gasteiger partial charge in [-0.2, -0.15) is 0 Å². The zero-order valence-corrected chi connectivity index (χ0v) is 20.0. The van der Waals surface area contributed by atoms with Crippen LogP contribution in [0.25, 0.3) is 11.1 Å². The van der Waals surface area contributed by atoms with Crippen LogP contribution in [0.3, 0.4) is 0 Å². The molecule has 0 aliphatic rings. The number of fused-ring (bicyclic) bond motifs is 1. The van der Waals surface area contributed by atoms with Gasteiger partial charge in [0.1, 0.15) is 6.61 Å². The van der Waals surface area contributed by atoms with E-state index in [4.69, 9.17) is 13.9 Å². The minimum Gasteiger partial charge on any atom is -0.490 e. The van der Waals surface area contributed by atoms with Gasteiger partial charge in [-0.1, -0.05) is 6.07 Å². The zero-order valence-electron chi connectivity index (χ0n) is 20.0. The van der Waals surface area contributed by atoms with E-state index in [0.29, 0.717) is 60.2 Å². The Labute approximate surface area is 202 Å². The fourth-order valence-electron chi connectivity index (χ4n) is 3.54. The number of hydrogen-bond acceptors (Lipinski definition) is 7. The zero-order chi connectivity index (χ0) is 24.8. The maximum absolute atomic E-state index is 13.0. The molecule has 4 aromatic rings. The molecule has 35 heavy (non-hydrogen) atoms. The van der Waals surface area contributed by atoms with Crippen molar-refractivity contribution >= 4 is 22.7 Å². The van der Waals surface area contributed by atoms with Crippen LogP contribution in [0.5, 0.6) is 11.5 Å². The topological polar surface area (TPSA) is 98.8 Å². The molecule has 9 nitrogen and oxygen atoms in total. The molecule has 9 heteroatoms. The van der Waals surface area contributed by atoms with Gasteiger partial charge in [0.25, 0.3) is 5.91 Å². The fourth-order valence-corrected chi connectivity index (χ4v) is 3.54. The van der Waals surface area contributed by atoms with E-state index < -0.39 is 5.76 Å². The molecule has 2 heterocycles. The van der Waals surface area contributed by atoms with Gasteiger partial charge >= 0.3 is 5.76 Å². The average molecular weight is 477 g/mol. The number of hydrogen-bond donors (Lipinski definition) is 1. The lowest BCUT2D eigenvalue weighted by atomic mass is 10.1. The second-order valence-corrected chi connectivity index (χ2v) is 8.20. The summed E-state index contributed by atoms with van der Waals surface area (Å²) in [6, 6.07) is 13.9. The van der Waals surface area contributed by atoms with Gasteiger partial charge in [-0.25, -0.2) is 4.79 Å². The number of nitrogens with one attached hydrogen (secondary N) is 1. The molecule has 0 saturated heterocycles. The van der Waals surface area contributed by atoms with Gasteiger partial charge in [0.05, 0.1) is 12.1 Å². The molecular weight excluding hydrogens is 448 g/mol. The number of pyridine rings is 1. The summed E-state index contributed by atoms with van der Waals surface area (Å²) in [7, 11) is 3.87. The molecule has 182 valence electrons. The van der Waals surface area contributed by atoms with Gasteiger partial charge in [-0.15, -0.1) is 0 Å². The molecule has 0 saturated carbocycles. The van der Waals surface area contributed by atoms with Crippen molar-refractivity contribution in [3.05, 3.63) is 82.6 Å². The highest BCUT2D eigenvalue weighted by Crippen LogP contribution is 2.30. The third-order valence-electron chi connectivity index (χ3n) is 5.32. The van der Waals surface area contributed by atoms with E-state index in [0.717, 1.165) is 5.56 Å². The number of amides is 1. The van der Waals surface area contributed by atoms with Gasteiger partial charge in [-0.05, 0) is 63.5 Å². The molecule has 4 rings (SSSR count). The van der Waals surface area contributed by atoms with Crippen LogP contribution in [-0.2, 0) is 13.2 Å².